The fraction of sp³-hybridized carbons (Fsp3) is 0.500. The molecule has 180 valence electrons. The van der Waals surface area contributed by atoms with Crippen molar-refractivity contribution in [1.82, 2.24) is 5.32 Å². The van der Waals surface area contributed by atoms with Crippen LogP contribution in [0.2, 0.25) is 0 Å². The van der Waals surface area contributed by atoms with E-state index < -0.39 is 35.7 Å². The van der Waals surface area contributed by atoms with Gasteiger partial charge in [-0.05, 0) is 86.1 Å². The minimum Gasteiger partial charge on any atom is -0.370 e. The lowest BCUT2D eigenvalue weighted by Gasteiger charge is -2.41. The van der Waals surface area contributed by atoms with Crippen LogP contribution in [-0.2, 0) is 17.1 Å². The number of nitrogens with one attached hydrogen (secondary N) is 1. The van der Waals surface area contributed by atoms with E-state index in [0.29, 0.717) is 12.3 Å². The summed E-state index contributed by atoms with van der Waals surface area (Å²) in [5, 5.41) is 3.35. The molecule has 0 aromatic heterocycles. The first kappa shape index (κ1) is 24.0. The second-order valence-electron chi connectivity index (χ2n) is 8.89. The number of alkyl halides is 6. The van der Waals surface area contributed by atoms with Crippen LogP contribution in [0.4, 0.5) is 30.7 Å². The van der Waals surface area contributed by atoms with E-state index in [-0.39, 0.29) is 29.3 Å². The highest BCUT2D eigenvalue weighted by molar-refractivity contribution is 5.35. The number of halogens is 7. The maximum absolute atomic E-state index is 13.5. The Bertz CT molecular complexity index is 938. The van der Waals surface area contributed by atoms with Crippen LogP contribution in [0.5, 0.6) is 0 Å². The van der Waals surface area contributed by atoms with Crippen LogP contribution in [0.25, 0.3) is 0 Å². The third-order valence-corrected chi connectivity index (χ3v) is 6.79. The fourth-order valence-corrected chi connectivity index (χ4v) is 5.18. The van der Waals surface area contributed by atoms with Gasteiger partial charge in [-0.1, -0.05) is 12.1 Å². The Hall–Kier alpha value is -2.13. The summed E-state index contributed by atoms with van der Waals surface area (Å²) in [5.41, 5.74) is -2.04. The van der Waals surface area contributed by atoms with Crippen molar-refractivity contribution < 1.29 is 35.5 Å². The minimum atomic E-state index is -4.92. The quantitative estimate of drug-likeness (QED) is 0.496. The van der Waals surface area contributed by atoms with Crippen LogP contribution in [0.15, 0.2) is 42.5 Å². The molecule has 2 aliphatic rings. The van der Waals surface area contributed by atoms with E-state index in [1.165, 1.54) is 19.1 Å². The first-order valence-electron chi connectivity index (χ1n) is 10.8. The molecular weight excluding hydrogens is 451 g/mol. The van der Waals surface area contributed by atoms with E-state index in [2.05, 4.69) is 5.32 Å². The van der Waals surface area contributed by atoms with Gasteiger partial charge in [0.05, 0.1) is 23.3 Å². The van der Waals surface area contributed by atoms with E-state index in [0.717, 1.165) is 37.2 Å². The summed E-state index contributed by atoms with van der Waals surface area (Å²) >= 11 is 0. The van der Waals surface area contributed by atoms with Crippen LogP contribution in [0.1, 0.15) is 54.0 Å². The van der Waals surface area contributed by atoms with Crippen molar-refractivity contribution in [2.75, 3.05) is 13.1 Å². The van der Waals surface area contributed by atoms with Crippen molar-refractivity contribution in [3.63, 3.8) is 0 Å². The van der Waals surface area contributed by atoms with Gasteiger partial charge in [0.25, 0.3) is 0 Å². The molecule has 9 heteroatoms. The average molecular weight is 475 g/mol. The monoisotopic (exact) mass is 475 g/mol. The van der Waals surface area contributed by atoms with E-state index in [9.17, 15) is 30.7 Å². The number of benzene rings is 2. The molecule has 2 nitrogen and oxygen atoms in total. The molecule has 5 atom stereocenters. The molecule has 1 aliphatic heterocycles. The lowest BCUT2D eigenvalue weighted by atomic mass is 9.69. The summed E-state index contributed by atoms with van der Waals surface area (Å²) in [7, 11) is 0. The number of rotatable bonds is 4. The van der Waals surface area contributed by atoms with Gasteiger partial charge in [-0.15, -0.1) is 0 Å². The van der Waals surface area contributed by atoms with Gasteiger partial charge in [0.15, 0.2) is 0 Å². The van der Waals surface area contributed by atoms with Crippen molar-refractivity contribution in [2.45, 2.75) is 50.2 Å². The molecule has 1 unspecified atom stereocenters. The van der Waals surface area contributed by atoms with Crippen molar-refractivity contribution in [3.05, 3.63) is 70.5 Å². The summed E-state index contributed by atoms with van der Waals surface area (Å²) in [6.45, 7) is 3.03. The SMILES string of the molecule is CC(O[C@H]1CC[C@@H]2CNC[C@H]2[C@@H]1c1ccc(F)cc1)c1cc(C(F)(F)F)cc(C(F)(F)F)c1. The average Bonchev–Trinajstić information content (AvgIpc) is 3.21. The van der Waals surface area contributed by atoms with Crippen LogP contribution in [-0.4, -0.2) is 19.2 Å². The van der Waals surface area contributed by atoms with E-state index in [4.69, 9.17) is 4.74 Å². The van der Waals surface area contributed by atoms with Gasteiger partial charge in [0, 0.05) is 5.92 Å². The molecule has 1 saturated carbocycles. The van der Waals surface area contributed by atoms with Gasteiger partial charge in [0.2, 0.25) is 0 Å². The Morgan fingerprint density at radius 1 is 0.879 bits per heavy atom. The largest absolute Gasteiger partial charge is 0.416 e. The van der Waals surface area contributed by atoms with Gasteiger partial charge in [-0.25, -0.2) is 4.39 Å². The lowest BCUT2D eigenvalue weighted by Crippen LogP contribution is -2.38. The van der Waals surface area contributed by atoms with Gasteiger partial charge in [-0.3, -0.25) is 0 Å². The number of fused-ring (bicyclic) bond motifs is 1. The minimum absolute atomic E-state index is 0.118. The standard InChI is InChI=1S/C24H24F7NO/c1-13(16-8-17(23(26,27)28)10-18(9-16)24(29,30)31)33-21-7-4-15-11-32-12-20(15)22(21)14-2-5-19(25)6-3-14/h2-3,5-6,8-10,13,15,20-22,32H,4,7,11-12H2,1H3/t13?,15-,20-,21+,22+/m1/s1. The molecule has 1 N–H and O–H groups in total. The van der Waals surface area contributed by atoms with Gasteiger partial charge in [0.1, 0.15) is 5.82 Å². The molecule has 33 heavy (non-hydrogen) atoms. The van der Waals surface area contributed by atoms with Crippen molar-refractivity contribution in [3.8, 4) is 0 Å². The van der Waals surface area contributed by atoms with Crippen LogP contribution in [0.3, 0.4) is 0 Å². The van der Waals surface area contributed by atoms with E-state index in [1.807, 2.05) is 0 Å². The predicted molar refractivity (Wildman–Crippen MR) is 108 cm³/mol. The first-order chi connectivity index (χ1) is 15.4. The molecule has 4 rings (SSSR count). The van der Waals surface area contributed by atoms with Gasteiger partial charge in [-0.2, -0.15) is 26.3 Å². The first-order valence-corrected chi connectivity index (χ1v) is 10.8. The maximum atomic E-state index is 13.5. The van der Waals surface area contributed by atoms with Gasteiger partial charge < -0.3 is 10.1 Å². The summed E-state index contributed by atoms with van der Waals surface area (Å²) in [4.78, 5) is 0. The van der Waals surface area contributed by atoms with Crippen molar-refractivity contribution in [2.24, 2.45) is 11.8 Å². The normalized spacial score (nSPS) is 26.8. The predicted octanol–water partition coefficient (Wildman–Crippen LogP) is 6.72. The molecule has 0 spiro atoms. The Balaban J connectivity index is 1.65. The molecular formula is C24H24F7NO. The Morgan fingerprint density at radius 3 is 2.06 bits per heavy atom. The highest BCUT2D eigenvalue weighted by Crippen LogP contribution is 2.46. The molecule has 2 aromatic rings. The molecule has 1 saturated heterocycles. The number of hydrogen-bond donors (Lipinski definition) is 1. The Labute approximate surface area is 187 Å². The van der Waals surface area contributed by atoms with Crippen LogP contribution in [0, 0.1) is 17.7 Å². The zero-order valence-electron chi connectivity index (χ0n) is 17.8. The third kappa shape index (κ3) is 5.19. The molecule has 2 fully saturated rings. The third-order valence-electron chi connectivity index (χ3n) is 6.79. The van der Waals surface area contributed by atoms with Crippen molar-refractivity contribution >= 4 is 0 Å². The van der Waals surface area contributed by atoms with Crippen LogP contribution < -0.4 is 5.32 Å². The molecule has 1 heterocycles. The molecule has 0 radical (unpaired) electrons. The molecule has 1 aliphatic carbocycles. The summed E-state index contributed by atoms with van der Waals surface area (Å²) in [6, 6.07) is 7.61. The van der Waals surface area contributed by atoms with Crippen LogP contribution >= 0.6 is 0 Å². The molecule has 0 amide bonds. The fourth-order valence-electron chi connectivity index (χ4n) is 5.18. The Morgan fingerprint density at radius 2 is 1.48 bits per heavy atom. The van der Waals surface area contributed by atoms with E-state index in [1.54, 1.807) is 12.1 Å². The highest BCUT2D eigenvalue weighted by Gasteiger charge is 2.44. The summed E-state index contributed by atoms with van der Waals surface area (Å²) < 4.78 is 99.3. The lowest BCUT2D eigenvalue weighted by molar-refractivity contribution is -0.143. The Kier molecular flexibility index (Phi) is 6.48. The number of hydrogen-bond acceptors (Lipinski definition) is 2. The summed E-state index contributed by atoms with van der Waals surface area (Å²) in [5.74, 6) is 0.0501. The highest BCUT2D eigenvalue weighted by atomic mass is 19.4. The molecule has 0 bridgehead atoms. The second-order valence-corrected chi connectivity index (χ2v) is 8.89. The zero-order valence-corrected chi connectivity index (χ0v) is 17.8. The summed E-state index contributed by atoms with van der Waals surface area (Å²) in [6.07, 6.45) is -9.80. The smallest absolute Gasteiger partial charge is 0.370 e. The topological polar surface area (TPSA) is 21.3 Å². The maximum Gasteiger partial charge on any atom is 0.416 e. The number of ether oxygens (including phenoxy) is 1. The van der Waals surface area contributed by atoms with E-state index >= 15 is 0 Å². The zero-order chi connectivity index (χ0) is 24.0. The van der Waals surface area contributed by atoms with Gasteiger partial charge >= 0.3 is 12.4 Å². The second kappa shape index (κ2) is 8.91. The van der Waals surface area contributed by atoms with Crippen molar-refractivity contribution in [1.29, 1.82) is 0 Å². The molecule has 2 aromatic carbocycles.